The van der Waals surface area contributed by atoms with Crippen LogP contribution in [-0.2, 0) is 10.8 Å². The highest BCUT2D eigenvalue weighted by Crippen LogP contribution is 2.66. The van der Waals surface area contributed by atoms with Crippen molar-refractivity contribution >= 4 is 28.8 Å². The van der Waals surface area contributed by atoms with Crippen molar-refractivity contribution in [2.24, 2.45) is 0 Å². The Kier molecular flexibility index (Phi) is 7.79. The van der Waals surface area contributed by atoms with Crippen LogP contribution in [0.1, 0.15) is 44.5 Å². The second-order valence-electron chi connectivity index (χ2n) is 17.5. The first-order valence-corrected chi connectivity index (χ1v) is 23.2. The summed E-state index contributed by atoms with van der Waals surface area (Å²) in [4.78, 5) is 5.12. The fourth-order valence-electron chi connectivity index (χ4n) is 11.9. The Bertz CT molecular complexity index is 3500. The summed E-state index contributed by atoms with van der Waals surface area (Å²) in [5.74, 6) is 1.79. The molecule has 0 amide bonds. The second-order valence-corrected chi connectivity index (χ2v) is 18.5. The highest BCUT2D eigenvalue weighted by molar-refractivity contribution is 7.99. The van der Waals surface area contributed by atoms with Gasteiger partial charge in [-0.15, -0.1) is 0 Å². The highest BCUT2D eigenvalue weighted by Gasteiger charge is 2.53. The third kappa shape index (κ3) is 4.91. The van der Waals surface area contributed by atoms with Gasteiger partial charge in [0.15, 0.2) is 0 Å². The zero-order valence-electron chi connectivity index (χ0n) is 35.3. The molecule has 3 heteroatoms. The first kappa shape index (κ1) is 36.6. The quantitative estimate of drug-likeness (QED) is 0.175. The standard InChI is InChI=1S/C62H39NOS/c1-2-18-40(19-3-1)41-20-16-21-42(38-41)63(43-36-37-49-46(39-43)44-22-4-6-24-47(44)61(49)50-26-8-12-32-56(50)64-57-33-13-9-27-51(57)61)55-31-17-30-54-60(55)45-23-5-7-25-48(45)62(54)52-28-10-14-34-58(52)65-59-35-15-11-29-53(59)62/h1-39H. The predicted molar refractivity (Wildman–Crippen MR) is 265 cm³/mol. The van der Waals surface area contributed by atoms with Crippen molar-refractivity contribution in [3.63, 3.8) is 0 Å². The van der Waals surface area contributed by atoms with Gasteiger partial charge in [0, 0.05) is 37.9 Å². The molecule has 2 aliphatic heterocycles. The van der Waals surface area contributed by atoms with Gasteiger partial charge in [0.2, 0.25) is 0 Å². The molecular formula is C62H39NOS. The molecule has 0 radical (unpaired) electrons. The number of anilines is 3. The van der Waals surface area contributed by atoms with Crippen LogP contribution in [0.25, 0.3) is 33.4 Å². The lowest BCUT2D eigenvalue weighted by molar-refractivity contribution is 0.436. The average molecular weight is 846 g/mol. The Morgan fingerprint density at radius 3 is 1.52 bits per heavy atom. The van der Waals surface area contributed by atoms with E-state index in [0.717, 1.165) is 28.6 Å². The second kappa shape index (κ2) is 13.8. The van der Waals surface area contributed by atoms with E-state index in [0.29, 0.717) is 0 Å². The van der Waals surface area contributed by atoms with Gasteiger partial charge in [-0.2, -0.15) is 0 Å². The van der Waals surface area contributed by atoms with E-state index in [1.54, 1.807) is 0 Å². The summed E-state index contributed by atoms with van der Waals surface area (Å²) >= 11 is 1.88. The van der Waals surface area contributed by atoms with Crippen LogP contribution in [0.3, 0.4) is 0 Å². The van der Waals surface area contributed by atoms with Crippen molar-refractivity contribution in [3.8, 4) is 44.9 Å². The van der Waals surface area contributed by atoms with E-state index < -0.39 is 10.8 Å². The van der Waals surface area contributed by atoms with Crippen LogP contribution in [0.2, 0.25) is 0 Å². The minimum absolute atomic E-state index is 0.495. The molecule has 4 aliphatic rings. The molecule has 2 heterocycles. The molecular weight excluding hydrogens is 807 g/mol. The van der Waals surface area contributed by atoms with Crippen molar-refractivity contribution in [2.45, 2.75) is 20.6 Å². The Hall–Kier alpha value is -7.85. The number of rotatable bonds is 4. The number of hydrogen-bond donors (Lipinski definition) is 0. The Morgan fingerprint density at radius 1 is 0.323 bits per heavy atom. The van der Waals surface area contributed by atoms with Gasteiger partial charge in [0.25, 0.3) is 0 Å². The van der Waals surface area contributed by atoms with Crippen LogP contribution in [0.15, 0.2) is 246 Å². The molecule has 0 unspecified atom stereocenters. The van der Waals surface area contributed by atoms with E-state index >= 15 is 0 Å². The molecule has 0 N–H and O–H groups in total. The van der Waals surface area contributed by atoms with Gasteiger partial charge in [0.05, 0.1) is 16.5 Å². The van der Waals surface area contributed by atoms with Gasteiger partial charge in [-0.25, -0.2) is 0 Å². The zero-order chi connectivity index (χ0) is 42.7. The normalized spacial score (nSPS) is 14.5. The topological polar surface area (TPSA) is 12.5 Å². The predicted octanol–water partition coefficient (Wildman–Crippen LogP) is 16.1. The summed E-state index contributed by atoms with van der Waals surface area (Å²) in [6.45, 7) is 0. The van der Waals surface area contributed by atoms with Crippen molar-refractivity contribution in [1.29, 1.82) is 0 Å². The van der Waals surface area contributed by atoms with Crippen LogP contribution in [0, 0.1) is 0 Å². The number of para-hydroxylation sites is 2. The lowest BCUT2D eigenvalue weighted by Crippen LogP contribution is -2.32. The smallest absolute Gasteiger partial charge is 0.132 e. The molecule has 14 rings (SSSR count). The summed E-state index contributed by atoms with van der Waals surface area (Å²) in [7, 11) is 0. The summed E-state index contributed by atoms with van der Waals surface area (Å²) < 4.78 is 6.67. The van der Waals surface area contributed by atoms with Gasteiger partial charge in [-0.05, 0) is 116 Å². The van der Waals surface area contributed by atoms with Crippen molar-refractivity contribution in [3.05, 3.63) is 281 Å². The highest BCUT2D eigenvalue weighted by atomic mass is 32.2. The SMILES string of the molecule is c1ccc(-c2cccc(N(c3ccc4c(c3)-c3ccccc3C43c4ccccc4Oc4ccccc43)c3cccc4c3-c3ccccc3C43c4ccccc4Sc4ccccc43)c2)cc1. The van der Waals surface area contributed by atoms with E-state index in [9.17, 15) is 0 Å². The van der Waals surface area contributed by atoms with Crippen LogP contribution in [0.5, 0.6) is 11.5 Å². The minimum Gasteiger partial charge on any atom is -0.457 e. The maximum atomic E-state index is 6.67. The summed E-state index contributed by atoms with van der Waals surface area (Å²) in [5, 5.41) is 0. The largest absolute Gasteiger partial charge is 0.457 e. The first-order valence-electron chi connectivity index (χ1n) is 22.4. The molecule has 2 nitrogen and oxygen atoms in total. The number of nitrogens with zero attached hydrogens (tertiary/aromatic N) is 1. The molecule has 65 heavy (non-hydrogen) atoms. The zero-order valence-corrected chi connectivity index (χ0v) is 36.1. The third-order valence-electron chi connectivity index (χ3n) is 14.4. The summed E-state index contributed by atoms with van der Waals surface area (Å²) in [5.41, 5.74) is 19.8. The van der Waals surface area contributed by atoms with E-state index in [-0.39, 0.29) is 0 Å². The molecule has 0 atom stereocenters. The van der Waals surface area contributed by atoms with Gasteiger partial charge >= 0.3 is 0 Å². The van der Waals surface area contributed by atoms with E-state index in [4.69, 9.17) is 4.74 Å². The summed E-state index contributed by atoms with van der Waals surface area (Å²) in [6.07, 6.45) is 0. The molecule has 0 saturated heterocycles. The molecule has 2 spiro atoms. The number of ether oxygens (including phenoxy) is 1. The molecule has 0 bridgehead atoms. The lowest BCUT2D eigenvalue weighted by atomic mass is 9.66. The van der Waals surface area contributed by atoms with Gasteiger partial charge < -0.3 is 9.64 Å². The molecule has 304 valence electrons. The fourth-order valence-corrected chi connectivity index (χ4v) is 13.1. The van der Waals surface area contributed by atoms with E-state index in [1.807, 2.05) is 11.8 Å². The molecule has 0 fully saturated rings. The maximum Gasteiger partial charge on any atom is 0.132 e. The number of fused-ring (bicyclic) bond motifs is 18. The first-order chi connectivity index (χ1) is 32.2. The van der Waals surface area contributed by atoms with Gasteiger partial charge in [-0.3, -0.25) is 0 Å². The monoisotopic (exact) mass is 845 g/mol. The molecule has 0 aromatic heterocycles. The van der Waals surface area contributed by atoms with Crippen molar-refractivity contribution in [1.82, 2.24) is 0 Å². The molecule has 2 aliphatic carbocycles. The van der Waals surface area contributed by atoms with E-state index in [1.165, 1.54) is 87.7 Å². The Labute approximate surface area is 383 Å². The van der Waals surface area contributed by atoms with Crippen LogP contribution < -0.4 is 9.64 Å². The van der Waals surface area contributed by atoms with Crippen LogP contribution >= 0.6 is 11.8 Å². The van der Waals surface area contributed by atoms with Crippen molar-refractivity contribution in [2.75, 3.05) is 4.90 Å². The maximum absolute atomic E-state index is 6.67. The summed E-state index contributed by atoms with van der Waals surface area (Å²) in [6, 6.07) is 87.5. The number of benzene rings is 10. The van der Waals surface area contributed by atoms with Crippen LogP contribution in [0.4, 0.5) is 17.1 Å². The van der Waals surface area contributed by atoms with Gasteiger partial charge in [0.1, 0.15) is 11.5 Å². The van der Waals surface area contributed by atoms with Crippen molar-refractivity contribution < 1.29 is 4.74 Å². The minimum atomic E-state index is -0.549. The lowest BCUT2D eigenvalue weighted by Gasteiger charge is -2.40. The Morgan fingerprint density at radius 2 is 0.815 bits per heavy atom. The average Bonchev–Trinajstić information content (AvgIpc) is 3.83. The van der Waals surface area contributed by atoms with Gasteiger partial charge in [-0.1, -0.05) is 194 Å². The molecule has 10 aromatic rings. The third-order valence-corrected chi connectivity index (χ3v) is 15.5. The molecule has 0 saturated carbocycles. The fraction of sp³-hybridized carbons (Fsp3) is 0.0323. The Balaban J connectivity index is 1.06. The van der Waals surface area contributed by atoms with E-state index in [2.05, 4.69) is 241 Å². The van der Waals surface area contributed by atoms with Crippen LogP contribution in [-0.4, -0.2) is 0 Å². The number of hydrogen-bond acceptors (Lipinski definition) is 3. The molecule has 10 aromatic carbocycles.